The van der Waals surface area contributed by atoms with E-state index in [1.807, 2.05) is 26.0 Å². The van der Waals surface area contributed by atoms with Gasteiger partial charge in [0.2, 0.25) is 0 Å². The van der Waals surface area contributed by atoms with E-state index in [1.165, 1.54) is 0 Å². The van der Waals surface area contributed by atoms with Crippen molar-refractivity contribution in [1.82, 2.24) is 4.98 Å². The molecule has 4 nitrogen and oxygen atoms in total. The lowest BCUT2D eigenvalue weighted by molar-refractivity contribution is 0.141. The number of anilines is 1. The van der Waals surface area contributed by atoms with Crippen LogP contribution in [0.25, 0.3) is 10.8 Å². The molecule has 0 fully saturated rings. The lowest BCUT2D eigenvalue weighted by Crippen LogP contribution is -2.22. The molecule has 0 saturated heterocycles. The molecule has 2 aromatic rings. The fraction of sp³-hybridized carbons (Fsp3) is 0.357. The fourth-order valence-electron chi connectivity index (χ4n) is 1.84. The molecule has 1 aromatic heterocycles. The Morgan fingerprint density at radius 1 is 1.39 bits per heavy atom. The van der Waals surface area contributed by atoms with Crippen molar-refractivity contribution < 1.29 is 9.84 Å². The van der Waals surface area contributed by atoms with Crippen LogP contribution < -0.4 is 5.32 Å². The number of fused-ring (bicyclic) bond motifs is 1. The first-order valence-electron chi connectivity index (χ1n) is 6.12. The van der Waals surface area contributed by atoms with Gasteiger partial charge in [0, 0.05) is 24.2 Å². The summed E-state index contributed by atoms with van der Waals surface area (Å²) < 4.78 is 5.36. The molecule has 0 saturated carbocycles. The maximum absolute atomic E-state index is 9.55. The van der Waals surface area contributed by atoms with Crippen molar-refractivity contribution in [2.45, 2.75) is 19.9 Å². The van der Waals surface area contributed by atoms with Gasteiger partial charge in [-0.05, 0) is 37.4 Å². The maximum Gasteiger partial charge on any atom is 0.134 e. The van der Waals surface area contributed by atoms with Gasteiger partial charge in [0.05, 0.1) is 6.61 Å². The molecule has 1 atom stereocenters. The molecular weight excluding hydrogens is 228 g/mol. The highest BCUT2D eigenvalue weighted by molar-refractivity contribution is 5.92. The van der Waals surface area contributed by atoms with Crippen LogP contribution in [0.2, 0.25) is 0 Å². The third-order valence-corrected chi connectivity index (χ3v) is 2.70. The molecule has 1 unspecified atom stereocenters. The highest BCUT2D eigenvalue weighted by atomic mass is 16.5. The summed E-state index contributed by atoms with van der Waals surface area (Å²) >= 11 is 0. The summed E-state index contributed by atoms with van der Waals surface area (Å²) in [5.41, 5.74) is 0. The number of phenols is 1. The van der Waals surface area contributed by atoms with Gasteiger partial charge in [-0.3, -0.25) is 0 Å². The van der Waals surface area contributed by atoms with Gasteiger partial charge >= 0.3 is 0 Å². The van der Waals surface area contributed by atoms with Gasteiger partial charge in [0.1, 0.15) is 11.6 Å². The van der Waals surface area contributed by atoms with E-state index in [-0.39, 0.29) is 11.8 Å². The Hall–Kier alpha value is -1.81. The summed E-state index contributed by atoms with van der Waals surface area (Å²) in [6, 6.07) is 7.37. The zero-order valence-electron chi connectivity index (χ0n) is 10.7. The molecule has 0 aliphatic heterocycles. The molecule has 0 aliphatic carbocycles. The number of pyridine rings is 1. The van der Waals surface area contributed by atoms with Crippen molar-refractivity contribution >= 4 is 16.6 Å². The molecule has 0 radical (unpaired) electrons. The molecule has 2 N–H and O–H groups in total. The minimum absolute atomic E-state index is 0.172. The molecule has 4 heteroatoms. The molecule has 0 bridgehead atoms. The normalized spacial score (nSPS) is 12.6. The van der Waals surface area contributed by atoms with Crippen LogP contribution in [-0.2, 0) is 4.74 Å². The molecule has 1 heterocycles. The van der Waals surface area contributed by atoms with Crippen LogP contribution in [0.1, 0.15) is 13.8 Å². The Balaban J connectivity index is 2.24. The number of aromatic hydroxyl groups is 1. The third kappa shape index (κ3) is 2.90. The van der Waals surface area contributed by atoms with Crippen molar-refractivity contribution in [3.05, 3.63) is 30.5 Å². The van der Waals surface area contributed by atoms with Crippen molar-refractivity contribution in [3.8, 4) is 5.75 Å². The number of nitrogens with one attached hydrogen (secondary N) is 1. The topological polar surface area (TPSA) is 54.4 Å². The van der Waals surface area contributed by atoms with E-state index in [2.05, 4.69) is 10.3 Å². The van der Waals surface area contributed by atoms with E-state index in [9.17, 15) is 5.11 Å². The van der Waals surface area contributed by atoms with Crippen LogP contribution in [0.3, 0.4) is 0 Å². The van der Waals surface area contributed by atoms with E-state index >= 15 is 0 Å². The molecule has 2 rings (SSSR count). The fourth-order valence-corrected chi connectivity index (χ4v) is 1.84. The molecule has 18 heavy (non-hydrogen) atoms. The van der Waals surface area contributed by atoms with E-state index < -0.39 is 0 Å². The molecule has 0 spiro atoms. The average molecular weight is 246 g/mol. The first-order valence-corrected chi connectivity index (χ1v) is 6.12. The van der Waals surface area contributed by atoms with E-state index in [1.54, 1.807) is 18.3 Å². The quantitative estimate of drug-likeness (QED) is 0.851. The Morgan fingerprint density at radius 2 is 2.22 bits per heavy atom. The van der Waals surface area contributed by atoms with Gasteiger partial charge in [-0.25, -0.2) is 4.98 Å². The zero-order chi connectivity index (χ0) is 13.0. The molecular formula is C14H18N2O2. The smallest absolute Gasteiger partial charge is 0.134 e. The summed E-state index contributed by atoms with van der Waals surface area (Å²) in [6.45, 7) is 5.35. The van der Waals surface area contributed by atoms with Gasteiger partial charge in [-0.15, -0.1) is 0 Å². The van der Waals surface area contributed by atoms with Crippen LogP contribution >= 0.6 is 0 Å². The first-order chi connectivity index (χ1) is 8.70. The highest BCUT2D eigenvalue weighted by Crippen LogP contribution is 2.25. The minimum atomic E-state index is 0.172. The molecule has 0 amide bonds. The van der Waals surface area contributed by atoms with Gasteiger partial charge in [0.15, 0.2) is 0 Å². The first kappa shape index (κ1) is 12.6. The highest BCUT2D eigenvalue weighted by Gasteiger charge is 2.07. The van der Waals surface area contributed by atoms with Gasteiger partial charge < -0.3 is 15.2 Å². The summed E-state index contributed by atoms with van der Waals surface area (Å²) in [5, 5.41) is 14.8. The lowest BCUT2D eigenvalue weighted by atomic mass is 10.1. The van der Waals surface area contributed by atoms with E-state index in [4.69, 9.17) is 4.74 Å². The number of hydrogen-bond acceptors (Lipinski definition) is 4. The molecule has 96 valence electrons. The maximum atomic E-state index is 9.55. The number of nitrogens with zero attached hydrogens (tertiary/aromatic N) is 1. The number of benzene rings is 1. The monoisotopic (exact) mass is 246 g/mol. The van der Waals surface area contributed by atoms with Crippen molar-refractivity contribution in [1.29, 1.82) is 0 Å². The third-order valence-electron chi connectivity index (χ3n) is 2.70. The number of phenolic OH excluding ortho intramolecular Hbond substituents is 1. The number of aromatic nitrogens is 1. The second-order valence-corrected chi connectivity index (χ2v) is 4.27. The molecule has 1 aromatic carbocycles. The SMILES string of the molecule is CCOCC(C)Nc1nccc2ccc(O)cc12. The summed E-state index contributed by atoms with van der Waals surface area (Å²) in [5.74, 6) is 1.02. The predicted octanol–water partition coefficient (Wildman–Crippen LogP) is 2.78. The Kier molecular flexibility index (Phi) is 3.99. The van der Waals surface area contributed by atoms with Gasteiger partial charge in [0.25, 0.3) is 0 Å². The van der Waals surface area contributed by atoms with Crippen molar-refractivity contribution in [2.24, 2.45) is 0 Å². The Bertz CT molecular complexity index is 528. The zero-order valence-corrected chi connectivity index (χ0v) is 10.7. The number of rotatable bonds is 5. The van der Waals surface area contributed by atoms with Crippen LogP contribution in [0.15, 0.2) is 30.5 Å². The largest absolute Gasteiger partial charge is 0.508 e. The predicted molar refractivity (Wildman–Crippen MR) is 73.0 cm³/mol. The second-order valence-electron chi connectivity index (χ2n) is 4.27. The average Bonchev–Trinajstić information content (AvgIpc) is 2.37. The Morgan fingerprint density at radius 3 is 3.00 bits per heavy atom. The standard InChI is InChI=1S/C14H18N2O2/c1-3-18-9-10(2)16-14-13-8-12(17)5-4-11(13)6-7-15-14/h4-8,10,17H,3,9H2,1-2H3,(H,15,16). The Labute approximate surface area is 107 Å². The number of ether oxygens (including phenoxy) is 1. The van der Waals surface area contributed by atoms with E-state index in [0.29, 0.717) is 13.2 Å². The van der Waals surface area contributed by atoms with Crippen LogP contribution in [0, 0.1) is 0 Å². The number of hydrogen-bond donors (Lipinski definition) is 2. The second kappa shape index (κ2) is 5.69. The summed E-state index contributed by atoms with van der Waals surface area (Å²) in [4.78, 5) is 4.32. The molecule has 0 aliphatic rings. The minimum Gasteiger partial charge on any atom is -0.508 e. The van der Waals surface area contributed by atoms with E-state index in [0.717, 1.165) is 16.6 Å². The summed E-state index contributed by atoms with van der Waals surface area (Å²) in [7, 11) is 0. The summed E-state index contributed by atoms with van der Waals surface area (Å²) in [6.07, 6.45) is 1.76. The van der Waals surface area contributed by atoms with Crippen LogP contribution in [0.5, 0.6) is 5.75 Å². The van der Waals surface area contributed by atoms with Crippen LogP contribution in [0.4, 0.5) is 5.82 Å². The van der Waals surface area contributed by atoms with Crippen molar-refractivity contribution in [3.63, 3.8) is 0 Å². The van der Waals surface area contributed by atoms with Gasteiger partial charge in [-0.2, -0.15) is 0 Å². The lowest BCUT2D eigenvalue weighted by Gasteiger charge is -2.15. The van der Waals surface area contributed by atoms with Crippen LogP contribution in [-0.4, -0.2) is 29.3 Å². The van der Waals surface area contributed by atoms with Gasteiger partial charge in [-0.1, -0.05) is 6.07 Å². The van der Waals surface area contributed by atoms with Crippen molar-refractivity contribution in [2.75, 3.05) is 18.5 Å².